The van der Waals surface area contributed by atoms with Gasteiger partial charge in [-0.15, -0.1) is 11.3 Å². The summed E-state index contributed by atoms with van der Waals surface area (Å²) in [4.78, 5) is 12.9. The summed E-state index contributed by atoms with van der Waals surface area (Å²) in [5, 5.41) is 4.69. The Morgan fingerprint density at radius 3 is 2.77 bits per heavy atom. The maximum absolute atomic E-state index is 13.9. The lowest BCUT2D eigenvalue weighted by Crippen LogP contribution is -2.40. The van der Waals surface area contributed by atoms with E-state index in [1.165, 1.54) is 19.3 Å². The van der Waals surface area contributed by atoms with Gasteiger partial charge in [0.15, 0.2) is 0 Å². The van der Waals surface area contributed by atoms with Crippen molar-refractivity contribution in [3.63, 3.8) is 0 Å². The molecule has 116 valence electrons. The first-order valence-electron chi connectivity index (χ1n) is 6.85. The van der Waals surface area contributed by atoms with E-state index in [-0.39, 0.29) is 18.3 Å². The average Bonchev–Trinajstić information content (AvgIpc) is 3.04. The standard InChI is InChI=1S/C17H18FNO2S/c1-17(21-2,14-7-3-4-8-15(14)18)12-19-16(20)10-9-13-6-5-11-22-13/h3-11H,12H2,1-2H3,(H,19,20)/b10-9+/t17-/m0/s1. The smallest absolute Gasteiger partial charge is 0.244 e. The molecule has 0 saturated heterocycles. The van der Waals surface area contributed by atoms with E-state index in [2.05, 4.69) is 5.32 Å². The van der Waals surface area contributed by atoms with Crippen molar-refractivity contribution < 1.29 is 13.9 Å². The van der Waals surface area contributed by atoms with E-state index < -0.39 is 5.60 Å². The maximum Gasteiger partial charge on any atom is 0.244 e. The molecule has 0 aliphatic rings. The van der Waals surface area contributed by atoms with E-state index in [0.717, 1.165) is 4.88 Å². The molecule has 22 heavy (non-hydrogen) atoms. The number of thiophene rings is 1. The molecule has 2 rings (SSSR count). The second-order valence-electron chi connectivity index (χ2n) is 4.98. The van der Waals surface area contributed by atoms with Gasteiger partial charge in [-0.1, -0.05) is 24.3 Å². The second-order valence-corrected chi connectivity index (χ2v) is 5.96. The summed E-state index contributed by atoms with van der Waals surface area (Å²) in [6.07, 6.45) is 3.20. The Hall–Kier alpha value is -1.98. The number of halogens is 1. The zero-order valence-electron chi connectivity index (χ0n) is 12.5. The van der Waals surface area contributed by atoms with E-state index in [4.69, 9.17) is 4.74 Å². The molecule has 3 nitrogen and oxygen atoms in total. The van der Waals surface area contributed by atoms with Crippen molar-refractivity contribution in [2.45, 2.75) is 12.5 Å². The van der Waals surface area contributed by atoms with Crippen LogP contribution in [-0.2, 0) is 15.1 Å². The van der Waals surface area contributed by atoms with Gasteiger partial charge in [0.25, 0.3) is 0 Å². The molecule has 0 spiro atoms. The highest BCUT2D eigenvalue weighted by molar-refractivity contribution is 7.10. The van der Waals surface area contributed by atoms with Crippen LogP contribution in [0.5, 0.6) is 0 Å². The Bertz CT molecular complexity index is 654. The van der Waals surface area contributed by atoms with Crippen molar-refractivity contribution >= 4 is 23.3 Å². The number of hydrogen-bond acceptors (Lipinski definition) is 3. The number of amides is 1. The summed E-state index contributed by atoms with van der Waals surface area (Å²) in [7, 11) is 1.50. The fourth-order valence-corrected chi connectivity index (χ4v) is 2.64. The molecule has 1 N–H and O–H groups in total. The van der Waals surface area contributed by atoms with E-state index in [0.29, 0.717) is 5.56 Å². The van der Waals surface area contributed by atoms with Gasteiger partial charge in [0, 0.05) is 23.6 Å². The van der Waals surface area contributed by atoms with E-state index in [1.54, 1.807) is 42.5 Å². The SMILES string of the molecule is CO[C@@](C)(CNC(=O)/C=C/c1cccs1)c1ccccc1F. The van der Waals surface area contributed by atoms with Crippen molar-refractivity contribution in [2.75, 3.05) is 13.7 Å². The molecule has 0 fully saturated rings. The van der Waals surface area contributed by atoms with Crippen LogP contribution in [0.25, 0.3) is 6.08 Å². The van der Waals surface area contributed by atoms with Crippen LogP contribution in [0, 0.1) is 5.82 Å². The quantitative estimate of drug-likeness (QED) is 0.827. The van der Waals surface area contributed by atoms with Crippen LogP contribution in [0.15, 0.2) is 47.9 Å². The summed E-state index contributed by atoms with van der Waals surface area (Å²) < 4.78 is 19.4. The Labute approximate surface area is 133 Å². The number of carbonyl (C=O) groups excluding carboxylic acids is 1. The fourth-order valence-electron chi connectivity index (χ4n) is 2.03. The molecule has 0 saturated carbocycles. The van der Waals surface area contributed by atoms with Gasteiger partial charge in [-0.05, 0) is 30.5 Å². The summed E-state index contributed by atoms with van der Waals surface area (Å²) >= 11 is 1.55. The van der Waals surface area contributed by atoms with E-state index >= 15 is 0 Å². The third-order valence-electron chi connectivity index (χ3n) is 3.44. The number of carbonyl (C=O) groups is 1. The van der Waals surface area contributed by atoms with Crippen LogP contribution >= 0.6 is 11.3 Å². The molecular weight excluding hydrogens is 301 g/mol. The van der Waals surface area contributed by atoms with Crippen molar-refractivity contribution in [2.24, 2.45) is 0 Å². The Kier molecular flexibility index (Phi) is 5.46. The molecule has 1 aromatic carbocycles. The van der Waals surface area contributed by atoms with Crippen LogP contribution in [0.2, 0.25) is 0 Å². The highest BCUT2D eigenvalue weighted by atomic mass is 32.1. The highest BCUT2D eigenvalue weighted by Crippen LogP contribution is 2.26. The first-order valence-corrected chi connectivity index (χ1v) is 7.73. The normalized spacial score (nSPS) is 14.0. The molecule has 1 atom stereocenters. The second kappa shape index (κ2) is 7.33. The number of methoxy groups -OCH3 is 1. The number of ether oxygens (including phenoxy) is 1. The predicted molar refractivity (Wildman–Crippen MR) is 87.1 cm³/mol. The minimum Gasteiger partial charge on any atom is -0.372 e. The molecule has 0 bridgehead atoms. The molecule has 0 aliphatic carbocycles. The Morgan fingerprint density at radius 2 is 2.14 bits per heavy atom. The first kappa shape index (κ1) is 16.4. The molecule has 2 aromatic rings. The topological polar surface area (TPSA) is 38.3 Å². The number of hydrogen-bond donors (Lipinski definition) is 1. The lowest BCUT2D eigenvalue weighted by atomic mass is 9.95. The third-order valence-corrected chi connectivity index (χ3v) is 4.27. The third kappa shape index (κ3) is 4.02. The molecule has 0 aliphatic heterocycles. The molecule has 1 amide bonds. The minimum atomic E-state index is -0.919. The van der Waals surface area contributed by atoms with Crippen molar-refractivity contribution in [3.05, 3.63) is 64.1 Å². The predicted octanol–water partition coefficient (Wildman–Crippen LogP) is 3.58. The van der Waals surface area contributed by atoms with Crippen LogP contribution in [0.3, 0.4) is 0 Å². The van der Waals surface area contributed by atoms with Gasteiger partial charge in [-0.2, -0.15) is 0 Å². The maximum atomic E-state index is 13.9. The number of rotatable bonds is 6. The van der Waals surface area contributed by atoms with Gasteiger partial charge in [0.2, 0.25) is 5.91 Å². The van der Waals surface area contributed by atoms with Crippen molar-refractivity contribution in [1.29, 1.82) is 0 Å². The van der Waals surface area contributed by atoms with Crippen LogP contribution < -0.4 is 5.32 Å². The Morgan fingerprint density at radius 1 is 1.36 bits per heavy atom. The molecular formula is C17H18FNO2S. The van der Waals surface area contributed by atoms with Gasteiger partial charge in [0.05, 0.1) is 6.54 Å². The zero-order valence-corrected chi connectivity index (χ0v) is 13.3. The summed E-state index contributed by atoms with van der Waals surface area (Å²) in [6, 6.07) is 10.2. The van der Waals surface area contributed by atoms with Crippen LogP contribution in [-0.4, -0.2) is 19.6 Å². The Balaban J connectivity index is 2.01. The molecule has 5 heteroatoms. The van der Waals surface area contributed by atoms with Gasteiger partial charge in [-0.25, -0.2) is 4.39 Å². The largest absolute Gasteiger partial charge is 0.372 e. The molecule has 1 aromatic heterocycles. The molecule has 0 unspecified atom stereocenters. The average molecular weight is 319 g/mol. The van der Waals surface area contributed by atoms with Gasteiger partial charge in [-0.3, -0.25) is 4.79 Å². The number of nitrogens with one attached hydrogen (secondary N) is 1. The minimum absolute atomic E-state index is 0.179. The summed E-state index contributed by atoms with van der Waals surface area (Å²) in [5.41, 5.74) is -0.502. The van der Waals surface area contributed by atoms with E-state index in [9.17, 15) is 9.18 Å². The molecule has 0 radical (unpaired) electrons. The van der Waals surface area contributed by atoms with Gasteiger partial charge < -0.3 is 10.1 Å². The van der Waals surface area contributed by atoms with Gasteiger partial charge >= 0.3 is 0 Å². The molecule has 1 heterocycles. The first-order chi connectivity index (χ1) is 10.5. The van der Waals surface area contributed by atoms with Gasteiger partial charge in [0.1, 0.15) is 11.4 Å². The lowest BCUT2D eigenvalue weighted by molar-refractivity contribution is -0.118. The number of benzene rings is 1. The summed E-state index contributed by atoms with van der Waals surface area (Å²) in [6.45, 7) is 1.92. The monoisotopic (exact) mass is 319 g/mol. The highest BCUT2D eigenvalue weighted by Gasteiger charge is 2.29. The zero-order chi connectivity index (χ0) is 16.0. The summed E-state index contributed by atoms with van der Waals surface area (Å²) in [5.74, 6) is -0.594. The lowest BCUT2D eigenvalue weighted by Gasteiger charge is -2.29. The van der Waals surface area contributed by atoms with Crippen LogP contribution in [0.1, 0.15) is 17.4 Å². The fraction of sp³-hybridized carbons (Fsp3) is 0.235. The van der Waals surface area contributed by atoms with Crippen molar-refractivity contribution in [3.8, 4) is 0 Å². The van der Waals surface area contributed by atoms with E-state index in [1.807, 2.05) is 17.5 Å². The van der Waals surface area contributed by atoms with Crippen LogP contribution in [0.4, 0.5) is 4.39 Å². The van der Waals surface area contributed by atoms with Crippen molar-refractivity contribution in [1.82, 2.24) is 5.32 Å².